The van der Waals surface area contributed by atoms with Crippen molar-refractivity contribution >= 4 is 44.4 Å². The summed E-state index contributed by atoms with van der Waals surface area (Å²) in [6.45, 7) is 11.0. The molecule has 1 saturated carbocycles. The fourth-order valence-corrected chi connectivity index (χ4v) is 9.26. The van der Waals surface area contributed by atoms with Gasteiger partial charge >= 0.3 is 0 Å². The smallest absolute Gasteiger partial charge is 0.264 e. The third-order valence-electron chi connectivity index (χ3n) is 11.8. The van der Waals surface area contributed by atoms with Crippen molar-refractivity contribution in [2.75, 3.05) is 27.2 Å². The van der Waals surface area contributed by atoms with Crippen molar-refractivity contribution in [1.29, 1.82) is 0 Å². The van der Waals surface area contributed by atoms with E-state index in [1.807, 2.05) is 41.8 Å². The van der Waals surface area contributed by atoms with Gasteiger partial charge in [0.2, 0.25) is 10.0 Å². The van der Waals surface area contributed by atoms with E-state index < -0.39 is 21.2 Å². The first-order valence-electron chi connectivity index (χ1n) is 18.9. The third-order valence-corrected chi connectivity index (χ3v) is 13.5. The molecule has 0 radical (unpaired) electrons. The zero-order valence-corrected chi connectivity index (χ0v) is 33.0. The number of carbonyl (C=O) groups is 2. The number of ether oxygens (including phenoxy) is 1. The van der Waals surface area contributed by atoms with E-state index in [-0.39, 0.29) is 23.6 Å². The van der Waals surface area contributed by atoms with Crippen molar-refractivity contribution in [2.45, 2.75) is 96.5 Å². The highest BCUT2D eigenvalue weighted by atomic mass is 32.2. The Morgan fingerprint density at radius 1 is 0.962 bits per heavy atom. The van der Waals surface area contributed by atoms with Crippen LogP contribution in [0.4, 0.5) is 0 Å². The monoisotopic (exact) mass is 740 g/mol. The molecule has 2 aromatic carbocycles. The molecular weight excluding hydrogens is 689 g/mol. The molecule has 53 heavy (non-hydrogen) atoms. The second-order valence-corrected chi connectivity index (χ2v) is 17.8. The van der Waals surface area contributed by atoms with Crippen LogP contribution in [0.2, 0.25) is 0 Å². The summed E-state index contributed by atoms with van der Waals surface area (Å²) >= 11 is 0. The molecule has 2 aliphatic heterocycles. The standard InChI is InChI=1S/C41H52N6O5S/c1-24(2)53(50,51)43-40(48)29-14-16-34-35(20-29)47-23-31(38-36(27(5)42-45(38)7)41(49)46-21-25(3)44(6)26(4)22-46)18-30-19-32(52-8)15-17-33(30)39(47)37(34)28-12-10-9-11-13-28/h14-20,24-26,28H,9-13,21-23H2,1-8H3,(H,43,48)/t25-,26+. The molecule has 2 amide bonds. The maximum absolute atomic E-state index is 14.6. The van der Waals surface area contributed by atoms with E-state index in [1.54, 1.807) is 27.0 Å². The van der Waals surface area contributed by atoms with Crippen molar-refractivity contribution in [3.05, 3.63) is 70.0 Å². The maximum atomic E-state index is 14.6. The number of rotatable bonds is 7. The van der Waals surface area contributed by atoms with Crippen molar-refractivity contribution in [3.63, 3.8) is 0 Å². The number of methoxy groups -OCH3 is 1. The zero-order valence-electron chi connectivity index (χ0n) is 32.2. The van der Waals surface area contributed by atoms with Crippen LogP contribution in [0.25, 0.3) is 33.8 Å². The number of aryl methyl sites for hydroxylation is 2. The number of benzene rings is 2. The Morgan fingerprint density at radius 2 is 1.66 bits per heavy atom. The first kappa shape index (κ1) is 36.9. The molecule has 1 saturated heterocycles. The molecule has 4 aromatic rings. The second kappa shape index (κ2) is 14.1. The van der Waals surface area contributed by atoms with Gasteiger partial charge in [-0.1, -0.05) is 25.3 Å². The molecule has 282 valence electrons. The summed E-state index contributed by atoms with van der Waals surface area (Å²) in [5.74, 6) is 0.360. The van der Waals surface area contributed by atoms with Crippen LogP contribution >= 0.6 is 0 Å². The Balaban J connectivity index is 1.45. The lowest BCUT2D eigenvalue weighted by Crippen LogP contribution is -2.56. The van der Waals surface area contributed by atoms with E-state index in [9.17, 15) is 18.0 Å². The van der Waals surface area contributed by atoms with Crippen LogP contribution < -0.4 is 9.46 Å². The largest absolute Gasteiger partial charge is 0.497 e. The van der Waals surface area contributed by atoms with Gasteiger partial charge in [0.15, 0.2) is 0 Å². The average molecular weight is 741 g/mol. The van der Waals surface area contributed by atoms with Crippen molar-refractivity contribution in [3.8, 4) is 17.0 Å². The highest BCUT2D eigenvalue weighted by molar-refractivity contribution is 7.90. The average Bonchev–Trinajstić information content (AvgIpc) is 3.54. The Kier molecular flexibility index (Phi) is 9.82. The number of sulfonamides is 1. The Bertz CT molecular complexity index is 2230. The SMILES string of the molecule is COc1ccc2c(c1)C=C(c1c(C(=O)N3C[C@@H](C)N(C)[C@@H](C)C3)c(C)nn1C)Cn1c-2c(C2CCCCC2)c2ccc(C(=O)NS(=O)(=O)C(C)C)cc21. The highest BCUT2D eigenvalue weighted by Gasteiger charge is 2.36. The number of carbonyl (C=O) groups excluding carboxylic acids is 2. The van der Waals surface area contributed by atoms with Crippen molar-refractivity contribution in [2.24, 2.45) is 7.05 Å². The third kappa shape index (κ3) is 6.58. The van der Waals surface area contributed by atoms with Gasteiger partial charge in [-0.05, 0) is 114 Å². The van der Waals surface area contributed by atoms with Gasteiger partial charge in [0.05, 0.1) is 41.5 Å². The quantitative estimate of drug-likeness (QED) is 0.227. The van der Waals surface area contributed by atoms with E-state index in [1.165, 1.54) is 12.0 Å². The van der Waals surface area contributed by atoms with Crippen LogP contribution in [0.15, 0.2) is 36.4 Å². The van der Waals surface area contributed by atoms with E-state index in [0.29, 0.717) is 36.8 Å². The molecule has 7 rings (SSSR count). The molecule has 0 unspecified atom stereocenters. The van der Waals surface area contributed by atoms with Crippen LogP contribution in [0.3, 0.4) is 0 Å². The van der Waals surface area contributed by atoms with Crippen molar-refractivity contribution < 1.29 is 22.7 Å². The lowest BCUT2D eigenvalue weighted by Gasteiger charge is -2.42. The molecule has 0 bridgehead atoms. The number of hydrogen-bond acceptors (Lipinski definition) is 7. The molecular formula is C41H52N6O5S. The summed E-state index contributed by atoms with van der Waals surface area (Å²) in [4.78, 5) is 32.4. The molecule has 2 atom stereocenters. The fraction of sp³-hybridized carbons (Fsp3) is 0.488. The number of aromatic nitrogens is 3. The number of allylic oxidation sites excluding steroid dienone is 1. The van der Waals surface area contributed by atoms with Crippen LogP contribution in [0, 0.1) is 6.92 Å². The Labute approximate surface area is 313 Å². The summed E-state index contributed by atoms with van der Waals surface area (Å²) in [7, 11) is 1.83. The van der Waals surface area contributed by atoms with Gasteiger partial charge in [-0.25, -0.2) is 13.1 Å². The predicted molar refractivity (Wildman–Crippen MR) is 210 cm³/mol. The molecule has 0 spiro atoms. The van der Waals surface area contributed by atoms with Gasteiger partial charge < -0.3 is 14.2 Å². The molecule has 4 heterocycles. The number of nitrogens with one attached hydrogen (secondary N) is 1. The molecule has 11 nitrogen and oxygen atoms in total. The normalized spacial score (nSPS) is 19.9. The zero-order chi connectivity index (χ0) is 37.9. The van der Waals surface area contributed by atoms with Crippen LogP contribution in [-0.2, 0) is 23.6 Å². The number of fused-ring (bicyclic) bond motifs is 5. The van der Waals surface area contributed by atoms with E-state index in [0.717, 1.165) is 70.4 Å². The number of likely N-dealkylation sites (N-methyl/N-ethyl adjacent to an activating group) is 1. The first-order chi connectivity index (χ1) is 25.2. The van der Waals surface area contributed by atoms with Crippen molar-refractivity contribution in [1.82, 2.24) is 28.9 Å². The lowest BCUT2D eigenvalue weighted by molar-refractivity contribution is 0.0413. The first-order valence-corrected chi connectivity index (χ1v) is 20.4. The summed E-state index contributed by atoms with van der Waals surface area (Å²) < 4.78 is 37.6. The van der Waals surface area contributed by atoms with E-state index in [4.69, 9.17) is 9.84 Å². The van der Waals surface area contributed by atoms with Crippen LogP contribution in [0.1, 0.15) is 109 Å². The topological polar surface area (TPSA) is 119 Å². The van der Waals surface area contributed by atoms with E-state index >= 15 is 0 Å². The summed E-state index contributed by atoms with van der Waals surface area (Å²) in [5, 5.41) is 5.13. The summed E-state index contributed by atoms with van der Waals surface area (Å²) in [6.07, 6.45) is 7.79. The number of hydrogen-bond donors (Lipinski definition) is 1. The summed E-state index contributed by atoms with van der Waals surface area (Å²) in [5.41, 5.74) is 8.39. The predicted octanol–water partition coefficient (Wildman–Crippen LogP) is 6.59. The van der Waals surface area contributed by atoms with Gasteiger partial charge in [0, 0.05) is 54.3 Å². The minimum Gasteiger partial charge on any atom is -0.497 e. The Hall–Kier alpha value is -4.42. The molecule has 1 N–H and O–H groups in total. The number of amides is 2. The second-order valence-electron chi connectivity index (χ2n) is 15.6. The highest BCUT2D eigenvalue weighted by Crippen LogP contribution is 2.48. The van der Waals surface area contributed by atoms with Crippen LogP contribution in [0.5, 0.6) is 5.75 Å². The summed E-state index contributed by atoms with van der Waals surface area (Å²) in [6, 6.07) is 12.1. The van der Waals surface area contributed by atoms with Gasteiger partial charge in [-0.2, -0.15) is 5.10 Å². The lowest BCUT2D eigenvalue weighted by atomic mass is 9.81. The van der Waals surface area contributed by atoms with Gasteiger partial charge in [-0.15, -0.1) is 0 Å². The van der Waals surface area contributed by atoms with Crippen LogP contribution in [-0.4, -0.2) is 89.0 Å². The minimum atomic E-state index is -3.84. The van der Waals surface area contributed by atoms with Gasteiger partial charge in [-0.3, -0.25) is 19.2 Å². The number of nitrogens with zero attached hydrogens (tertiary/aromatic N) is 5. The maximum Gasteiger partial charge on any atom is 0.264 e. The molecule has 2 aromatic heterocycles. The van der Waals surface area contributed by atoms with Gasteiger partial charge in [0.25, 0.3) is 11.8 Å². The Morgan fingerprint density at radius 3 is 2.32 bits per heavy atom. The minimum absolute atomic E-state index is 0.0285. The molecule has 1 aliphatic carbocycles. The van der Waals surface area contributed by atoms with Gasteiger partial charge in [0.1, 0.15) is 5.75 Å². The van der Waals surface area contributed by atoms with E-state index in [2.05, 4.69) is 53.3 Å². The molecule has 2 fully saturated rings. The number of piperazine rings is 1. The fourth-order valence-electron chi connectivity index (χ4n) is 8.64. The molecule has 12 heteroatoms. The molecule has 3 aliphatic rings.